The molecule has 26 heavy (non-hydrogen) atoms. The first-order valence-corrected chi connectivity index (χ1v) is 11.6. The number of likely N-dealkylation sites (N-methyl/N-ethyl adjacent to an activating group) is 1. The number of hydrogen-bond donors (Lipinski definition) is 0. The molecule has 0 aromatic rings. The van der Waals surface area contributed by atoms with E-state index in [0.29, 0.717) is 22.0 Å². The first kappa shape index (κ1) is 30.4. The molecule has 2 spiro atoms. The average molecular weight is 372 g/mol. The van der Waals surface area contributed by atoms with E-state index in [1.54, 1.807) is 6.92 Å². The Labute approximate surface area is 167 Å². The second-order valence-corrected chi connectivity index (χ2v) is 6.89. The molecular formula is C24H53NO. The first-order valence-electron chi connectivity index (χ1n) is 11.6. The second kappa shape index (κ2) is 13.7. The van der Waals surface area contributed by atoms with E-state index < -0.39 is 0 Å². The van der Waals surface area contributed by atoms with Crippen LogP contribution in [0.5, 0.6) is 0 Å². The summed E-state index contributed by atoms with van der Waals surface area (Å²) in [5, 5.41) is 0. The summed E-state index contributed by atoms with van der Waals surface area (Å²) in [5.41, 5.74) is 1.53. The van der Waals surface area contributed by atoms with Gasteiger partial charge in [-0.3, -0.25) is 9.69 Å². The van der Waals surface area contributed by atoms with Gasteiger partial charge < -0.3 is 0 Å². The van der Waals surface area contributed by atoms with E-state index >= 15 is 0 Å². The van der Waals surface area contributed by atoms with E-state index in [0.717, 1.165) is 13.0 Å². The quantitative estimate of drug-likeness (QED) is 0.472. The van der Waals surface area contributed by atoms with Crippen molar-refractivity contribution in [3.05, 3.63) is 0 Å². The van der Waals surface area contributed by atoms with Crippen LogP contribution in [0.25, 0.3) is 0 Å². The smallest absolute Gasteiger partial charge is 0.146 e. The van der Waals surface area contributed by atoms with E-state index in [9.17, 15) is 4.79 Å². The van der Waals surface area contributed by atoms with Crippen LogP contribution >= 0.6 is 0 Å². The molecule has 0 radical (unpaired) electrons. The van der Waals surface area contributed by atoms with Gasteiger partial charge in [0.15, 0.2) is 0 Å². The summed E-state index contributed by atoms with van der Waals surface area (Å²) >= 11 is 0. The molecule has 3 aliphatic rings. The summed E-state index contributed by atoms with van der Waals surface area (Å²) in [7, 11) is 2.13. The van der Waals surface area contributed by atoms with E-state index in [-0.39, 0.29) is 6.04 Å². The lowest BCUT2D eigenvalue weighted by atomic mass is 9.73. The van der Waals surface area contributed by atoms with E-state index in [1.165, 1.54) is 19.3 Å². The Morgan fingerprint density at radius 3 is 1.38 bits per heavy atom. The number of rotatable bonds is 1. The van der Waals surface area contributed by atoms with Gasteiger partial charge in [-0.05, 0) is 49.5 Å². The predicted molar refractivity (Wildman–Crippen MR) is 121 cm³/mol. The van der Waals surface area contributed by atoms with Crippen molar-refractivity contribution >= 4 is 5.78 Å². The second-order valence-electron chi connectivity index (χ2n) is 6.89. The molecule has 3 fully saturated rings. The highest BCUT2D eigenvalue weighted by Gasteiger charge is 2.84. The lowest BCUT2D eigenvalue weighted by molar-refractivity contribution is -0.120. The summed E-state index contributed by atoms with van der Waals surface area (Å²) < 4.78 is 0. The molecule has 1 saturated heterocycles. The molecule has 0 aromatic carbocycles. The monoisotopic (exact) mass is 371 g/mol. The maximum absolute atomic E-state index is 11.7. The Hall–Kier alpha value is -0.370. The molecule has 0 bridgehead atoms. The number of fused-ring (bicyclic) bond motifs is 1. The van der Waals surface area contributed by atoms with Crippen LogP contribution < -0.4 is 0 Å². The molecule has 2 unspecified atom stereocenters. The molecule has 1 aliphatic heterocycles. The molecule has 160 valence electrons. The van der Waals surface area contributed by atoms with Crippen LogP contribution in [0, 0.1) is 16.2 Å². The largest absolute Gasteiger partial charge is 0.298 e. The van der Waals surface area contributed by atoms with Crippen LogP contribution in [0.15, 0.2) is 0 Å². The molecule has 0 aromatic heterocycles. The zero-order chi connectivity index (χ0) is 21.8. The van der Waals surface area contributed by atoms with Gasteiger partial charge in [-0.2, -0.15) is 0 Å². The molecule has 3 rings (SSSR count). The number of Topliss-reactive ketones (excluding diaryl/α,β-unsaturated/α-hetero) is 1. The van der Waals surface area contributed by atoms with E-state index in [2.05, 4.69) is 25.8 Å². The van der Waals surface area contributed by atoms with Crippen molar-refractivity contribution in [2.75, 3.05) is 13.6 Å². The van der Waals surface area contributed by atoms with Gasteiger partial charge >= 0.3 is 0 Å². The van der Waals surface area contributed by atoms with Crippen molar-refractivity contribution in [3.8, 4) is 0 Å². The summed E-state index contributed by atoms with van der Waals surface area (Å²) in [6.07, 6.45) is 5.32. The van der Waals surface area contributed by atoms with Gasteiger partial charge in [0.2, 0.25) is 0 Å². The molecule has 2 nitrogen and oxygen atoms in total. The van der Waals surface area contributed by atoms with Crippen molar-refractivity contribution in [1.82, 2.24) is 4.90 Å². The topological polar surface area (TPSA) is 20.3 Å². The Kier molecular flexibility index (Phi) is 16.1. The summed E-state index contributed by atoms with van der Waals surface area (Å²) in [4.78, 5) is 14.0. The third-order valence-corrected chi connectivity index (χ3v) is 6.52. The number of carbonyl (C=O) groups is 1. The van der Waals surface area contributed by atoms with Gasteiger partial charge in [-0.15, -0.1) is 0 Å². The van der Waals surface area contributed by atoms with Crippen molar-refractivity contribution in [3.63, 3.8) is 0 Å². The van der Waals surface area contributed by atoms with Crippen LogP contribution in [-0.4, -0.2) is 30.3 Å². The van der Waals surface area contributed by atoms with Crippen LogP contribution in [0.3, 0.4) is 0 Å². The van der Waals surface area contributed by atoms with Crippen LogP contribution in [-0.2, 0) is 4.79 Å². The molecule has 0 N–H and O–H groups in total. The fourth-order valence-electron chi connectivity index (χ4n) is 5.23. The maximum Gasteiger partial charge on any atom is 0.146 e. The first-order chi connectivity index (χ1) is 12.4. The Morgan fingerprint density at radius 2 is 1.19 bits per heavy atom. The SMILES string of the molecule is CC.CC.CC.CC.CC.CC(=O)C1CC2(CN1C)C(C)(C)C21CCC1. The number of likely N-dealkylation sites (tertiary alicyclic amines) is 1. The minimum Gasteiger partial charge on any atom is -0.298 e. The molecule has 0 amide bonds. The maximum atomic E-state index is 11.7. The molecule has 2 saturated carbocycles. The van der Waals surface area contributed by atoms with Crippen LogP contribution in [0.2, 0.25) is 0 Å². The van der Waals surface area contributed by atoms with Gasteiger partial charge in [0, 0.05) is 6.54 Å². The molecule has 2 heteroatoms. The number of nitrogens with zero attached hydrogens (tertiary/aromatic N) is 1. The Bertz CT molecular complexity index is 357. The zero-order valence-corrected chi connectivity index (χ0v) is 21.0. The summed E-state index contributed by atoms with van der Waals surface area (Å²) in [6.45, 7) is 27.8. The third-order valence-electron chi connectivity index (χ3n) is 6.52. The number of carbonyl (C=O) groups excluding carboxylic acids is 1. The molecule has 1 heterocycles. The Morgan fingerprint density at radius 1 is 0.808 bits per heavy atom. The fraction of sp³-hybridized carbons (Fsp3) is 0.958. The Balaban J connectivity index is -0.000000462. The highest BCUT2D eigenvalue weighted by Crippen LogP contribution is 2.88. The van der Waals surface area contributed by atoms with Crippen molar-refractivity contribution in [2.24, 2.45) is 16.2 Å². The minimum absolute atomic E-state index is 0.194. The van der Waals surface area contributed by atoms with Gasteiger partial charge in [0.25, 0.3) is 0 Å². The summed E-state index contributed by atoms with van der Waals surface area (Å²) in [6, 6.07) is 0.194. The zero-order valence-electron chi connectivity index (χ0n) is 21.0. The highest BCUT2D eigenvalue weighted by atomic mass is 16.1. The lowest BCUT2D eigenvalue weighted by Gasteiger charge is -2.32. The van der Waals surface area contributed by atoms with Crippen molar-refractivity contribution in [2.45, 2.75) is 122 Å². The van der Waals surface area contributed by atoms with Gasteiger partial charge in [0.1, 0.15) is 5.78 Å². The van der Waals surface area contributed by atoms with Crippen molar-refractivity contribution < 1.29 is 4.79 Å². The minimum atomic E-state index is 0.194. The number of hydrogen-bond acceptors (Lipinski definition) is 2. The van der Waals surface area contributed by atoms with Gasteiger partial charge in [0.05, 0.1) is 6.04 Å². The molecular weight excluding hydrogens is 318 g/mol. The lowest BCUT2D eigenvalue weighted by Crippen LogP contribution is -2.31. The fourth-order valence-corrected chi connectivity index (χ4v) is 5.23. The number of ketones is 1. The van der Waals surface area contributed by atoms with Crippen LogP contribution in [0.4, 0.5) is 0 Å². The normalized spacial score (nSPS) is 28.0. The average Bonchev–Trinajstić information content (AvgIpc) is 2.88. The molecule has 2 atom stereocenters. The van der Waals surface area contributed by atoms with E-state index in [4.69, 9.17) is 0 Å². The van der Waals surface area contributed by atoms with E-state index in [1.807, 2.05) is 69.2 Å². The highest BCUT2D eigenvalue weighted by molar-refractivity contribution is 5.82. The van der Waals surface area contributed by atoms with Crippen LogP contribution in [0.1, 0.15) is 116 Å². The summed E-state index contributed by atoms with van der Waals surface area (Å²) in [5.74, 6) is 0.358. The third kappa shape index (κ3) is 4.72. The predicted octanol–water partition coefficient (Wildman–Crippen LogP) is 7.61. The van der Waals surface area contributed by atoms with Gasteiger partial charge in [-0.1, -0.05) is 89.5 Å². The molecule has 2 aliphatic carbocycles. The van der Waals surface area contributed by atoms with Crippen molar-refractivity contribution in [1.29, 1.82) is 0 Å². The standard InChI is InChI=1S/C14H23NO.5C2H6/c1-10(16)11-8-14(9-15(11)4)12(2,3)13(14)6-5-7-13;5*1-2/h11H,5-9H2,1-4H3;5*1-2H3. The van der Waals surface area contributed by atoms with Gasteiger partial charge in [-0.25, -0.2) is 0 Å².